The van der Waals surface area contributed by atoms with Gasteiger partial charge < -0.3 is 4.57 Å². The predicted octanol–water partition coefficient (Wildman–Crippen LogP) is 9.50. The normalized spacial score (nSPS) is 14.0. The maximum atomic E-state index is 5.03. The topological polar surface area (TPSA) is 17.8 Å². The minimum atomic E-state index is -0.0143. The van der Waals surface area contributed by atoms with Crippen molar-refractivity contribution in [2.75, 3.05) is 0 Å². The van der Waals surface area contributed by atoms with E-state index in [1.165, 1.54) is 87.6 Å². The fraction of sp³-hybridized carbons (Fsp3) is 0.545. The van der Waals surface area contributed by atoms with Crippen LogP contribution in [0.25, 0.3) is 0 Å². The van der Waals surface area contributed by atoms with E-state index in [1.807, 2.05) is 6.20 Å². The van der Waals surface area contributed by atoms with Gasteiger partial charge in [0, 0.05) is 30.3 Å². The second-order valence-corrected chi connectivity index (χ2v) is 10.6. The molecule has 2 aromatic carbocycles. The van der Waals surface area contributed by atoms with Crippen LogP contribution in [0.4, 0.5) is 0 Å². The molecule has 0 aliphatic heterocycles. The van der Waals surface area contributed by atoms with E-state index in [0.717, 1.165) is 13.0 Å². The minimum Gasteiger partial charge on any atom is -0.335 e. The van der Waals surface area contributed by atoms with Crippen molar-refractivity contribution >= 4 is 0 Å². The number of benzene rings is 2. The molecule has 2 heteroatoms. The number of hydrogen-bond donors (Lipinski definition) is 0. The maximum absolute atomic E-state index is 5.03. The molecule has 35 heavy (non-hydrogen) atoms. The summed E-state index contributed by atoms with van der Waals surface area (Å²) in [7, 11) is 0. The summed E-state index contributed by atoms with van der Waals surface area (Å²) < 4.78 is 2.48. The van der Waals surface area contributed by atoms with Crippen LogP contribution in [0.3, 0.4) is 0 Å². The van der Waals surface area contributed by atoms with Crippen LogP contribution >= 0.6 is 0 Å². The standard InChI is InChI=1S/C33H48N2/c1-4-6-8-9-10-11-19-26-35-27-25-34-32(35)31(24-14-7-5-2)33(3,30-22-17-13-18-23-30)28-29-20-15-12-16-21-29/h12-13,15-18,20-23,25,27,31H,4-11,14,19,24,26,28H2,1-3H3. The first-order chi connectivity index (χ1) is 17.2. The second kappa shape index (κ2) is 14.9. The van der Waals surface area contributed by atoms with E-state index in [9.17, 15) is 0 Å². The summed E-state index contributed by atoms with van der Waals surface area (Å²) in [6, 6.07) is 22.3. The number of aromatic nitrogens is 2. The Morgan fingerprint density at radius 2 is 1.34 bits per heavy atom. The lowest BCUT2D eigenvalue weighted by molar-refractivity contribution is 0.322. The van der Waals surface area contributed by atoms with Gasteiger partial charge in [0.1, 0.15) is 5.82 Å². The Labute approximate surface area is 215 Å². The monoisotopic (exact) mass is 472 g/mol. The third-order valence-electron chi connectivity index (χ3n) is 7.77. The van der Waals surface area contributed by atoms with E-state index in [-0.39, 0.29) is 5.41 Å². The van der Waals surface area contributed by atoms with Gasteiger partial charge in [0.2, 0.25) is 0 Å². The van der Waals surface area contributed by atoms with Gasteiger partial charge in [0.05, 0.1) is 0 Å². The molecular weight excluding hydrogens is 424 g/mol. The van der Waals surface area contributed by atoms with E-state index in [2.05, 4.69) is 92.2 Å². The Balaban J connectivity index is 1.85. The molecule has 190 valence electrons. The number of imidazole rings is 1. The molecule has 0 bridgehead atoms. The summed E-state index contributed by atoms with van der Waals surface area (Å²) in [6.45, 7) is 8.16. The van der Waals surface area contributed by atoms with Gasteiger partial charge >= 0.3 is 0 Å². The maximum Gasteiger partial charge on any atom is 0.112 e. The highest BCUT2D eigenvalue weighted by Crippen LogP contribution is 2.44. The van der Waals surface area contributed by atoms with Crippen LogP contribution < -0.4 is 0 Å². The Kier molecular flexibility index (Phi) is 11.6. The summed E-state index contributed by atoms with van der Waals surface area (Å²) >= 11 is 0. The minimum absolute atomic E-state index is 0.0143. The molecule has 0 aliphatic rings. The fourth-order valence-electron chi connectivity index (χ4n) is 5.66. The van der Waals surface area contributed by atoms with Crippen LogP contribution in [0.2, 0.25) is 0 Å². The van der Waals surface area contributed by atoms with Gasteiger partial charge in [-0.25, -0.2) is 4.98 Å². The fourth-order valence-corrected chi connectivity index (χ4v) is 5.66. The van der Waals surface area contributed by atoms with Crippen molar-refractivity contribution in [3.05, 3.63) is 90.0 Å². The SMILES string of the molecule is CCCCCCCCCn1ccnc1C(CCCCC)C(C)(Cc1ccccc1)c1ccccc1. The van der Waals surface area contributed by atoms with Gasteiger partial charge in [-0.1, -0.05) is 139 Å². The average molecular weight is 473 g/mol. The lowest BCUT2D eigenvalue weighted by Crippen LogP contribution is -2.35. The third kappa shape index (κ3) is 8.09. The van der Waals surface area contributed by atoms with Crippen LogP contribution in [0.1, 0.15) is 114 Å². The lowest BCUT2D eigenvalue weighted by atomic mass is 9.66. The molecule has 3 aromatic rings. The van der Waals surface area contributed by atoms with E-state index in [4.69, 9.17) is 4.98 Å². The zero-order valence-corrected chi connectivity index (χ0v) is 22.6. The van der Waals surface area contributed by atoms with Crippen molar-refractivity contribution in [3.8, 4) is 0 Å². The molecule has 2 unspecified atom stereocenters. The first kappa shape index (κ1) is 27.2. The van der Waals surface area contributed by atoms with Gasteiger partial charge in [-0.2, -0.15) is 0 Å². The molecule has 3 rings (SSSR count). The van der Waals surface area contributed by atoms with Crippen molar-refractivity contribution < 1.29 is 0 Å². The molecule has 1 aromatic heterocycles. The zero-order valence-electron chi connectivity index (χ0n) is 22.6. The number of hydrogen-bond acceptors (Lipinski definition) is 1. The summed E-state index contributed by atoms with van der Waals surface area (Å²) in [5.41, 5.74) is 2.82. The lowest BCUT2D eigenvalue weighted by Gasteiger charge is -2.39. The largest absolute Gasteiger partial charge is 0.335 e. The van der Waals surface area contributed by atoms with E-state index < -0.39 is 0 Å². The first-order valence-electron chi connectivity index (χ1n) is 14.3. The van der Waals surface area contributed by atoms with Crippen LogP contribution in [0.5, 0.6) is 0 Å². The van der Waals surface area contributed by atoms with E-state index >= 15 is 0 Å². The molecule has 0 aliphatic carbocycles. The van der Waals surface area contributed by atoms with Crippen LogP contribution in [-0.2, 0) is 18.4 Å². The smallest absolute Gasteiger partial charge is 0.112 e. The quantitative estimate of drug-likeness (QED) is 0.179. The molecule has 1 heterocycles. The van der Waals surface area contributed by atoms with E-state index in [0.29, 0.717) is 5.92 Å². The van der Waals surface area contributed by atoms with Gasteiger partial charge in [-0.05, 0) is 30.4 Å². The Hall–Kier alpha value is -2.35. The number of rotatable bonds is 17. The third-order valence-corrected chi connectivity index (χ3v) is 7.77. The van der Waals surface area contributed by atoms with Gasteiger partial charge in [0.25, 0.3) is 0 Å². The molecule has 0 amide bonds. The van der Waals surface area contributed by atoms with Gasteiger partial charge in [-0.15, -0.1) is 0 Å². The highest BCUT2D eigenvalue weighted by Gasteiger charge is 2.39. The summed E-state index contributed by atoms with van der Waals surface area (Å²) in [5.74, 6) is 1.67. The zero-order chi connectivity index (χ0) is 24.8. The molecule has 0 radical (unpaired) electrons. The number of nitrogens with zero attached hydrogens (tertiary/aromatic N) is 2. The Morgan fingerprint density at radius 1 is 0.743 bits per heavy atom. The molecule has 0 spiro atoms. The molecule has 2 nitrogen and oxygen atoms in total. The highest BCUT2D eigenvalue weighted by atomic mass is 15.1. The molecular formula is C33H48N2. The second-order valence-electron chi connectivity index (χ2n) is 10.6. The molecule has 0 N–H and O–H groups in total. The Bertz CT molecular complexity index is 930. The summed E-state index contributed by atoms with van der Waals surface area (Å²) in [6.07, 6.45) is 19.7. The molecule has 0 saturated heterocycles. The van der Waals surface area contributed by atoms with Gasteiger partial charge in [-0.3, -0.25) is 0 Å². The van der Waals surface area contributed by atoms with Crippen LogP contribution in [-0.4, -0.2) is 9.55 Å². The van der Waals surface area contributed by atoms with Crippen molar-refractivity contribution in [3.63, 3.8) is 0 Å². The Morgan fingerprint density at radius 3 is 2.03 bits per heavy atom. The molecule has 2 atom stereocenters. The highest BCUT2D eigenvalue weighted by molar-refractivity contribution is 5.33. The average Bonchev–Trinajstić information content (AvgIpc) is 3.35. The van der Waals surface area contributed by atoms with Crippen molar-refractivity contribution in [1.29, 1.82) is 0 Å². The molecule has 0 saturated carbocycles. The van der Waals surface area contributed by atoms with Gasteiger partial charge in [0.15, 0.2) is 0 Å². The number of aryl methyl sites for hydroxylation is 1. The van der Waals surface area contributed by atoms with Crippen LogP contribution in [0.15, 0.2) is 73.1 Å². The van der Waals surface area contributed by atoms with E-state index in [1.54, 1.807) is 0 Å². The number of unbranched alkanes of at least 4 members (excludes halogenated alkanes) is 8. The predicted molar refractivity (Wildman–Crippen MR) is 151 cm³/mol. The van der Waals surface area contributed by atoms with Crippen molar-refractivity contribution in [2.45, 2.75) is 116 Å². The van der Waals surface area contributed by atoms with Crippen molar-refractivity contribution in [1.82, 2.24) is 9.55 Å². The summed E-state index contributed by atoms with van der Waals surface area (Å²) in [5, 5.41) is 0. The first-order valence-corrected chi connectivity index (χ1v) is 14.3. The van der Waals surface area contributed by atoms with Crippen molar-refractivity contribution in [2.24, 2.45) is 0 Å². The molecule has 0 fully saturated rings. The van der Waals surface area contributed by atoms with Crippen LogP contribution in [0, 0.1) is 0 Å². The summed E-state index contributed by atoms with van der Waals surface area (Å²) in [4.78, 5) is 5.03.